The van der Waals surface area contributed by atoms with Gasteiger partial charge in [-0.15, -0.1) is 0 Å². The lowest BCUT2D eigenvalue weighted by Gasteiger charge is -2.13. The molecule has 1 atom stereocenters. The molecule has 156 valence electrons. The van der Waals surface area contributed by atoms with Crippen molar-refractivity contribution in [2.75, 3.05) is 5.75 Å². The predicted octanol–water partition coefficient (Wildman–Crippen LogP) is 2.64. The van der Waals surface area contributed by atoms with Crippen LogP contribution in [-0.2, 0) is 11.3 Å². The summed E-state index contributed by atoms with van der Waals surface area (Å²) in [6.45, 7) is 2.38. The van der Waals surface area contributed by atoms with Gasteiger partial charge in [-0.1, -0.05) is 35.5 Å². The molecule has 0 aliphatic carbocycles. The van der Waals surface area contributed by atoms with Crippen LogP contribution in [0.3, 0.4) is 0 Å². The van der Waals surface area contributed by atoms with Gasteiger partial charge < -0.3 is 5.32 Å². The Bertz CT molecular complexity index is 1310. The van der Waals surface area contributed by atoms with E-state index in [1.54, 1.807) is 21.6 Å². The number of aryl methyl sites for hydroxylation is 1. The van der Waals surface area contributed by atoms with E-state index in [2.05, 4.69) is 15.4 Å². The Kier molecular flexibility index (Phi) is 5.03. The molecule has 0 saturated heterocycles. The number of rotatable bonds is 5. The normalized spacial score (nSPS) is 15.2. The number of carbonyl (C=O) groups excluding carboxylic acids is 1. The van der Waals surface area contributed by atoms with Crippen molar-refractivity contribution in [2.45, 2.75) is 31.1 Å². The number of thioether (sulfide) groups is 1. The Morgan fingerprint density at radius 2 is 2.06 bits per heavy atom. The first-order chi connectivity index (χ1) is 15.1. The van der Waals surface area contributed by atoms with E-state index in [-0.39, 0.29) is 23.9 Å². The summed E-state index contributed by atoms with van der Waals surface area (Å²) in [4.78, 5) is 34.6. The smallest absolute Gasteiger partial charge is 0.265 e. The van der Waals surface area contributed by atoms with E-state index in [4.69, 9.17) is 4.98 Å². The van der Waals surface area contributed by atoms with Crippen LogP contribution in [0.1, 0.15) is 23.7 Å². The number of benzene rings is 1. The van der Waals surface area contributed by atoms with Crippen molar-refractivity contribution in [1.29, 1.82) is 0 Å². The topological polar surface area (TPSA) is 94.7 Å². The third kappa shape index (κ3) is 3.72. The van der Waals surface area contributed by atoms with Gasteiger partial charge in [-0.2, -0.15) is 5.10 Å². The van der Waals surface area contributed by atoms with Crippen LogP contribution in [0.25, 0.3) is 16.7 Å². The van der Waals surface area contributed by atoms with Gasteiger partial charge in [0, 0.05) is 18.4 Å². The van der Waals surface area contributed by atoms with Gasteiger partial charge in [-0.25, -0.2) is 9.67 Å². The lowest BCUT2D eigenvalue weighted by Crippen LogP contribution is -2.30. The Labute approximate surface area is 182 Å². The van der Waals surface area contributed by atoms with Gasteiger partial charge >= 0.3 is 0 Å². The zero-order valence-electron chi connectivity index (χ0n) is 16.9. The number of pyridine rings is 1. The predicted molar refractivity (Wildman–Crippen MR) is 118 cm³/mol. The number of hydrogen-bond donors (Lipinski definition) is 1. The zero-order chi connectivity index (χ0) is 21.4. The monoisotopic (exact) mass is 432 g/mol. The maximum absolute atomic E-state index is 13.2. The summed E-state index contributed by atoms with van der Waals surface area (Å²) in [5, 5.41) is 8.34. The molecule has 9 heteroatoms. The number of nitrogens with zero attached hydrogens (tertiary/aromatic N) is 5. The van der Waals surface area contributed by atoms with Crippen molar-refractivity contribution < 1.29 is 4.79 Å². The molecule has 1 aromatic carbocycles. The highest BCUT2D eigenvalue weighted by atomic mass is 32.2. The van der Waals surface area contributed by atoms with Crippen LogP contribution in [0.15, 0.2) is 64.8 Å². The first-order valence-corrected chi connectivity index (χ1v) is 11.0. The van der Waals surface area contributed by atoms with Crippen LogP contribution in [0.5, 0.6) is 0 Å². The molecule has 5 rings (SSSR count). The Morgan fingerprint density at radius 3 is 2.84 bits per heavy atom. The molecule has 8 nitrogen and oxygen atoms in total. The van der Waals surface area contributed by atoms with Gasteiger partial charge in [-0.05, 0) is 31.2 Å². The lowest BCUT2D eigenvalue weighted by atomic mass is 10.2. The van der Waals surface area contributed by atoms with Gasteiger partial charge in [0.2, 0.25) is 5.91 Å². The fraction of sp³-hybridized carbons (Fsp3) is 0.227. The van der Waals surface area contributed by atoms with Gasteiger partial charge in [0.05, 0.1) is 30.2 Å². The number of aromatic nitrogens is 5. The highest BCUT2D eigenvalue weighted by Crippen LogP contribution is 2.33. The summed E-state index contributed by atoms with van der Waals surface area (Å²) in [6.07, 6.45) is 3.46. The molecule has 1 N–H and O–H groups in total. The van der Waals surface area contributed by atoms with E-state index in [9.17, 15) is 9.59 Å². The van der Waals surface area contributed by atoms with E-state index in [0.717, 1.165) is 16.9 Å². The maximum atomic E-state index is 13.2. The van der Waals surface area contributed by atoms with Crippen LogP contribution in [0, 0.1) is 6.92 Å². The second kappa shape index (κ2) is 7.99. The van der Waals surface area contributed by atoms with Gasteiger partial charge in [0.15, 0.2) is 10.8 Å². The number of amides is 1. The number of fused-ring (bicyclic) bond motifs is 2. The summed E-state index contributed by atoms with van der Waals surface area (Å²) < 4.78 is 3.32. The standard InChI is InChI=1S/C22H20N6O2S/c1-14-5-7-16(8-6-14)28-20-18(12-25-28)21(30)27-17(13-31-22(27)26-20)10-19(29)24-11-15-4-2-3-9-23-15/h2-9,12,17H,10-11,13H2,1H3,(H,24,29). The molecule has 1 aliphatic heterocycles. The molecule has 4 aromatic rings. The summed E-state index contributed by atoms with van der Waals surface area (Å²) in [5.74, 6) is 0.510. The Morgan fingerprint density at radius 1 is 1.23 bits per heavy atom. The maximum Gasteiger partial charge on any atom is 0.265 e. The molecular formula is C22H20N6O2S. The van der Waals surface area contributed by atoms with E-state index in [1.807, 2.05) is 49.4 Å². The van der Waals surface area contributed by atoms with Crippen LogP contribution < -0.4 is 10.9 Å². The van der Waals surface area contributed by atoms with Crippen molar-refractivity contribution >= 4 is 28.7 Å². The van der Waals surface area contributed by atoms with Crippen molar-refractivity contribution in [3.05, 3.63) is 76.5 Å². The highest BCUT2D eigenvalue weighted by molar-refractivity contribution is 7.99. The summed E-state index contributed by atoms with van der Waals surface area (Å²) >= 11 is 1.49. The number of nitrogens with one attached hydrogen (secondary N) is 1. The van der Waals surface area contributed by atoms with E-state index >= 15 is 0 Å². The van der Waals surface area contributed by atoms with Crippen LogP contribution in [0.4, 0.5) is 0 Å². The number of hydrogen-bond acceptors (Lipinski definition) is 6. The SMILES string of the molecule is Cc1ccc(-n2ncc3c(=O)n4c(nc32)SCC4CC(=O)NCc2ccccn2)cc1. The average molecular weight is 433 g/mol. The first kappa shape index (κ1) is 19.5. The molecule has 4 heterocycles. The minimum Gasteiger partial charge on any atom is -0.350 e. The Hall–Kier alpha value is -3.46. The zero-order valence-corrected chi connectivity index (χ0v) is 17.7. The largest absolute Gasteiger partial charge is 0.350 e. The Balaban J connectivity index is 1.39. The van der Waals surface area contributed by atoms with E-state index in [0.29, 0.717) is 28.5 Å². The number of carbonyl (C=O) groups is 1. The minimum absolute atomic E-state index is 0.119. The molecule has 1 unspecified atom stereocenters. The van der Waals surface area contributed by atoms with Crippen molar-refractivity contribution in [3.63, 3.8) is 0 Å². The third-order valence-electron chi connectivity index (χ3n) is 5.26. The van der Waals surface area contributed by atoms with Gasteiger partial charge in [-0.3, -0.25) is 19.1 Å². The summed E-state index contributed by atoms with van der Waals surface area (Å²) in [6, 6.07) is 13.2. The fourth-order valence-electron chi connectivity index (χ4n) is 3.63. The molecule has 0 saturated carbocycles. The highest BCUT2D eigenvalue weighted by Gasteiger charge is 2.29. The minimum atomic E-state index is -0.240. The molecular weight excluding hydrogens is 412 g/mol. The molecule has 1 aliphatic rings. The van der Waals surface area contributed by atoms with Gasteiger partial charge in [0.25, 0.3) is 5.56 Å². The molecule has 3 aromatic heterocycles. The lowest BCUT2D eigenvalue weighted by molar-refractivity contribution is -0.121. The molecule has 31 heavy (non-hydrogen) atoms. The molecule has 1 amide bonds. The van der Waals surface area contributed by atoms with Crippen molar-refractivity contribution in [2.24, 2.45) is 0 Å². The quantitative estimate of drug-likeness (QED) is 0.487. The van der Waals surface area contributed by atoms with Gasteiger partial charge in [0.1, 0.15) is 5.39 Å². The molecule has 0 fully saturated rings. The molecule has 0 spiro atoms. The molecule has 0 bridgehead atoms. The molecule has 0 radical (unpaired) electrons. The summed E-state index contributed by atoms with van der Waals surface area (Å²) in [7, 11) is 0. The summed E-state index contributed by atoms with van der Waals surface area (Å²) in [5.41, 5.74) is 3.17. The average Bonchev–Trinajstić information content (AvgIpc) is 3.39. The second-order valence-electron chi connectivity index (χ2n) is 7.47. The van der Waals surface area contributed by atoms with E-state index < -0.39 is 0 Å². The van der Waals surface area contributed by atoms with Crippen LogP contribution in [-0.4, -0.2) is 36.0 Å². The first-order valence-electron chi connectivity index (χ1n) is 9.97. The van der Waals surface area contributed by atoms with E-state index in [1.165, 1.54) is 11.8 Å². The third-order valence-corrected chi connectivity index (χ3v) is 6.36. The second-order valence-corrected chi connectivity index (χ2v) is 8.45. The van der Waals surface area contributed by atoms with Crippen molar-refractivity contribution in [3.8, 4) is 5.69 Å². The van der Waals surface area contributed by atoms with Crippen LogP contribution in [0.2, 0.25) is 0 Å². The van der Waals surface area contributed by atoms with Crippen LogP contribution >= 0.6 is 11.8 Å². The van der Waals surface area contributed by atoms with Crippen molar-refractivity contribution in [1.82, 2.24) is 29.6 Å². The fourth-order valence-corrected chi connectivity index (χ4v) is 4.76.